The van der Waals surface area contributed by atoms with Crippen LogP contribution >= 0.6 is 0 Å². The maximum Gasteiger partial charge on any atom is 0.319 e. The van der Waals surface area contributed by atoms with E-state index in [0.29, 0.717) is 17.2 Å². The minimum atomic E-state index is -0.166. The van der Waals surface area contributed by atoms with Crippen LogP contribution < -0.4 is 25.0 Å². The second kappa shape index (κ2) is 8.62. The van der Waals surface area contributed by atoms with Crippen molar-refractivity contribution in [3.63, 3.8) is 0 Å². The summed E-state index contributed by atoms with van der Waals surface area (Å²) in [5.74, 6) is 1.24. The number of carbonyl (C=O) groups excluding carboxylic acids is 1. The van der Waals surface area contributed by atoms with Gasteiger partial charge >= 0.3 is 6.03 Å². The van der Waals surface area contributed by atoms with Gasteiger partial charge in [-0.3, -0.25) is 0 Å². The summed E-state index contributed by atoms with van der Waals surface area (Å²) in [6, 6.07) is 5.43. The Morgan fingerprint density at radius 1 is 1.22 bits per heavy atom. The lowest BCUT2D eigenvalue weighted by Crippen LogP contribution is -3.13. The van der Waals surface area contributed by atoms with Gasteiger partial charge in [-0.15, -0.1) is 0 Å². The average molecular weight is 322 g/mol. The summed E-state index contributed by atoms with van der Waals surface area (Å²) in [6.07, 6.45) is 3.29. The number of quaternary nitrogens is 1. The Morgan fingerprint density at radius 2 is 1.91 bits per heavy atom. The molecular formula is C17H28N3O3+. The molecule has 23 heavy (non-hydrogen) atoms. The minimum Gasteiger partial charge on any atom is -0.493 e. The number of hydrogen-bond donors (Lipinski definition) is 3. The third-order valence-electron chi connectivity index (χ3n) is 4.27. The second-order valence-corrected chi connectivity index (χ2v) is 5.94. The van der Waals surface area contributed by atoms with Gasteiger partial charge < -0.3 is 25.0 Å². The number of nitrogens with one attached hydrogen (secondary N) is 3. The Morgan fingerprint density at radius 3 is 2.52 bits per heavy atom. The molecule has 6 nitrogen and oxygen atoms in total. The fourth-order valence-electron chi connectivity index (χ4n) is 3.04. The summed E-state index contributed by atoms with van der Waals surface area (Å²) in [4.78, 5) is 13.8. The molecule has 3 N–H and O–H groups in total. The van der Waals surface area contributed by atoms with Crippen LogP contribution in [0.5, 0.6) is 11.5 Å². The molecule has 1 saturated heterocycles. The average Bonchev–Trinajstić information content (AvgIpc) is 2.56. The molecule has 0 bridgehead atoms. The van der Waals surface area contributed by atoms with Gasteiger partial charge in [0.15, 0.2) is 11.5 Å². The Labute approximate surface area is 138 Å². The molecule has 2 rings (SSSR count). The predicted molar refractivity (Wildman–Crippen MR) is 90.6 cm³/mol. The summed E-state index contributed by atoms with van der Waals surface area (Å²) in [6.45, 7) is 5.71. The van der Waals surface area contributed by atoms with E-state index in [1.807, 2.05) is 0 Å². The van der Waals surface area contributed by atoms with Crippen LogP contribution in [-0.4, -0.2) is 45.9 Å². The zero-order valence-corrected chi connectivity index (χ0v) is 14.3. The fourth-order valence-corrected chi connectivity index (χ4v) is 3.04. The van der Waals surface area contributed by atoms with Gasteiger partial charge in [-0.25, -0.2) is 4.79 Å². The molecule has 0 aliphatic carbocycles. The van der Waals surface area contributed by atoms with Crippen LogP contribution in [0, 0.1) is 0 Å². The minimum absolute atomic E-state index is 0.166. The van der Waals surface area contributed by atoms with Gasteiger partial charge in [-0.05, 0) is 18.6 Å². The first-order valence-electron chi connectivity index (χ1n) is 8.29. The predicted octanol–water partition coefficient (Wildman–Crippen LogP) is 1.28. The number of carbonyl (C=O) groups is 1. The first-order valence-corrected chi connectivity index (χ1v) is 8.29. The molecule has 0 unspecified atom stereocenters. The molecule has 1 aliphatic heterocycles. The summed E-state index contributed by atoms with van der Waals surface area (Å²) in [5, 5.41) is 5.92. The van der Waals surface area contributed by atoms with Crippen molar-refractivity contribution in [2.75, 3.05) is 39.2 Å². The summed E-state index contributed by atoms with van der Waals surface area (Å²) < 4.78 is 10.4. The summed E-state index contributed by atoms with van der Waals surface area (Å²) >= 11 is 0. The molecule has 1 aromatic rings. The van der Waals surface area contributed by atoms with Crippen molar-refractivity contribution in [3.8, 4) is 11.5 Å². The molecule has 0 atom stereocenters. The molecule has 6 heteroatoms. The SMILES string of the molecule is CCC[NH+]1CCC(NC(=O)Nc2ccc(OC)c(OC)c2)CC1. The van der Waals surface area contributed by atoms with Crippen molar-refractivity contribution in [2.24, 2.45) is 0 Å². The van der Waals surface area contributed by atoms with E-state index in [0.717, 1.165) is 25.9 Å². The molecule has 2 amide bonds. The molecule has 1 aromatic carbocycles. The molecule has 0 spiro atoms. The lowest BCUT2D eigenvalue weighted by atomic mass is 10.1. The topological polar surface area (TPSA) is 64.0 Å². The lowest BCUT2D eigenvalue weighted by Gasteiger charge is -2.29. The third kappa shape index (κ3) is 5.03. The van der Waals surface area contributed by atoms with Crippen LogP contribution in [0.4, 0.5) is 10.5 Å². The van der Waals surface area contributed by atoms with Gasteiger partial charge in [-0.1, -0.05) is 6.92 Å². The van der Waals surface area contributed by atoms with E-state index < -0.39 is 0 Å². The maximum absolute atomic E-state index is 12.1. The number of piperidine rings is 1. The van der Waals surface area contributed by atoms with Gasteiger partial charge in [0.1, 0.15) is 0 Å². The molecule has 1 fully saturated rings. The first kappa shape index (κ1) is 17.4. The fraction of sp³-hybridized carbons (Fsp3) is 0.588. The Bertz CT molecular complexity index is 514. The van der Waals surface area contributed by atoms with E-state index in [1.54, 1.807) is 37.3 Å². The van der Waals surface area contributed by atoms with Gasteiger partial charge in [0.25, 0.3) is 0 Å². The molecule has 0 radical (unpaired) electrons. The Kier molecular flexibility index (Phi) is 6.52. The van der Waals surface area contributed by atoms with Gasteiger partial charge in [0.2, 0.25) is 0 Å². The van der Waals surface area contributed by atoms with Crippen LogP contribution in [0.15, 0.2) is 18.2 Å². The van der Waals surface area contributed by atoms with Crippen molar-refractivity contribution >= 4 is 11.7 Å². The number of amides is 2. The van der Waals surface area contributed by atoms with Crippen LogP contribution in [-0.2, 0) is 0 Å². The molecular weight excluding hydrogens is 294 g/mol. The number of urea groups is 1. The largest absolute Gasteiger partial charge is 0.493 e. The van der Waals surface area contributed by atoms with Crippen molar-refractivity contribution in [1.82, 2.24) is 5.32 Å². The molecule has 1 aliphatic rings. The van der Waals surface area contributed by atoms with Gasteiger partial charge in [-0.2, -0.15) is 0 Å². The zero-order valence-electron chi connectivity index (χ0n) is 14.3. The smallest absolute Gasteiger partial charge is 0.319 e. The van der Waals surface area contributed by atoms with Gasteiger partial charge in [0, 0.05) is 30.6 Å². The number of hydrogen-bond acceptors (Lipinski definition) is 3. The second-order valence-electron chi connectivity index (χ2n) is 5.94. The number of methoxy groups -OCH3 is 2. The molecule has 0 aromatic heterocycles. The van der Waals surface area contributed by atoms with E-state index in [1.165, 1.54) is 13.0 Å². The standard InChI is InChI=1S/C17H27N3O3/c1-4-9-20-10-7-13(8-11-20)18-17(21)19-14-5-6-15(22-2)16(12-14)23-3/h5-6,12-13H,4,7-11H2,1-3H3,(H2,18,19,21)/p+1. The third-order valence-corrected chi connectivity index (χ3v) is 4.27. The van der Waals surface area contributed by atoms with Crippen molar-refractivity contribution in [2.45, 2.75) is 32.2 Å². The quantitative estimate of drug-likeness (QED) is 0.739. The number of likely N-dealkylation sites (tertiary alicyclic amines) is 1. The van der Waals surface area contributed by atoms with Crippen molar-refractivity contribution in [1.29, 1.82) is 0 Å². The van der Waals surface area contributed by atoms with Crippen LogP contribution in [0.3, 0.4) is 0 Å². The highest BCUT2D eigenvalue weighted by Gasteiger charge is 2.22. The van der Waals surface area contributed by atoms with E-state index >= 15 is 0 Å². The monoisotopic (exact) mass is 322 g/mol. The summed E-state index contributed by atoms with van der Waals surface area (Å²) in [5.41, 5.74) is 0.689. The molecule has 1 heterocycles. The highest BCUT2D eigenvalue weighted by atomic mass is 16.5. The normalized spacial score (nSPS) is 20.7. The number of benzene rings is 1. The van der Waals surface area contributed by atoms with Crippen LogP contribution in [0.1, 0.15) is 26.2 Å². The first-order chi connectivity index (χ1) is 11.2. The molecule has 128 valence electrons. The Balaban J connectivity index is 1.83. The maximum atomic E-state index is 12.1. The zero-order chi connectivity index (χ0) is 16.7. The highest BCUT2D eigenvalue weighted by molar-refractivity contribution is 5.89. The van der Waals surface area contributed by atoms with E-state index in [2.05, 4.69) is 17.6 Å². The van der Waals surface area contributed by atoms with E-state index in [-0.39, 0.29) is 12.1 Å². The van der Waals surface area contributed by atoms with Crippen LogP contribution in [0.2, 0.25) is 0 Å². The summed E-state index contributed by atoms with van der Waals surface area (Å²) in [7, 11) is 3.17. The lowest BCUT2D eigenvalue weighted by molar-refractivity contribution is -0.905. The highest BCUT2D eigenvalue weighted by Crippen LogP contribution is 2.29. The number of anilines is 1. The van der Waals surface area contributed by atoms with Gasteiger partial charge in [0.05, 0.1) is 33.9 Å². The van der Waals surface area contributed by atoms with Crippen molar-refractivity contribution in [3.05, 3.63) is 18.2 Å². The van der Waals surface area contributed by atoms with Crippen molar-refractivity contribution < 1.29 is 19.2 Å². The Hall–Kier alpha value is -1.95. The van der Waals surface area contributed by atoms with E-state index in [9.17, 15) is 4.79 Å². The molecule has 0 saturated carbocycles. The van der Waals surface area contributed by atoms with E-state index in [4.69, 9.17) is 9.47 Å². The number of rotatable bonds is 6. The number of ether oxygens (including phenoxy) is 2. The van der Waals surface area contributed by atoms with Crippen LogP contribution in [0.25, 0.3) is 0 Å².